The van der Waals surface area contributed by atoms with Crippen LogP contribution in [0.1, 0.15) is 27.2 Å². The molecule has 18 heavy (non-hydrogen) atoms. The molecule has 1 aliphatic heterocycles. The Balaban J connectivity index is 2.24. The molecule has 1 heterocycles. The lowest BCUT2D eigenvalue weighted by Crippen LogP contribution is -2.46. The van der Waals surface area contributed by atoms with Crippen molar-refractivity contribution in [2.45, 2.75) is 27.2 Å². The van der Waals surface area contributed by atoms with E-state index in [0.29, 0.717) is 18.8 Å². The van der Waals surface area contributed by atoms with Crippen molar-refractivity contribution in [3.05, 3.63) is 24.3 Å². The van der Waals surface area contributed by atoms with Crippen molar-refractivity contribution in [3.63, 3.8) is 0 Å². The molecule has 0 unspecified atom stereocenters. The summed E-state index contributed by atoms with van der Waals surface area (Å²) in [5, 5.41) is 0. The summed E-state index contributed by atoms with van der Waals surface area (Å²) in [5.41, 5.74) is 0.831. The minimum absolute atomic E-state index is 0.266. The molecule has 0 amide bonds. The third kappa shape index (κ3) is 2.50. The number of para-hydroxylation sites is 2. The summed E-state index contributed by atoms with van der Waals surface area (Å²) in [5.74, 6) is 1.26. The van der Waals surface area contributed by atoms with Gasteiger partial charge in [0.1, 0.15) is 11.5 Å². The number of hydrogen-bond acceptors (Lipinski definition) is 3. The highest BCUT2D eigenvalue weighted by Gasteiger charge is 2.34. The minimum atomic E-state index is -0.266. The van der Waals surface area contributed by atoms with Crippen LogP contribution in [0, 0.1) is 5.41 Å². The second kappa shape index (κ2) is 5.01. The number of benzene rings is 1. The second-order valence-corrected chi connectivity index (χ2v) is 5.38. The molecule has 0 spiro atoms. The highest BCUT2D eigenvalue weighted by molar-refractivity contribution is 5.86. The molecule has 1 fully saturated rings. The SMILES string of the molecule is CCOc1ccccc1N1CCC(=O)C(C)(C)C1. The third-order valence-corrected chi connectivity index (χ3v) is 3.46. The van der Waals surface area contributed by atoms with Crippen LogP contribution in [-0.4, -0.2) is 25.5 Å². The van der Waals surface area contributed by atoms with E-state index in [2.05, 4.69) is 11.0 Å². The van der Waals surface area contributed by atoms with E-state index in [1.165, 1.54) is 0 Å². The van der Waals surface area contributed by atoms with Crippen LogP contribution in [0.3, 0.4) is 0 Å². The zero-order valence-electron chi connectivity index (χ0n) is 11.4. The van der Waals surface area contributed by atoms with Gasteiger partial charge in [0.05, 0.1) is 12.3 Å². The molecular weight excluding hydrogens is 226 g/mol. The van der Waals surface area contributed by atoms with Gasteiger partial charge < -0.3 is 9.64 Å². The molecule has 0 aromatic heterocycles. The maximum absolute atomic E-state index is 11.8. The number of ether oxygens (including phenoxy) is 1. The molecule has 1 saturated heterocycles. The van der Waals surface area contributed by atoms with Gasteiger partial charge in [0.2, 0.25) is 0 Å². The molecule has 0 aliphatic carbocycles. The molecular formula is C15H21NO2. The van der Waals surface area contributed by atoms with Crippen LogP contribution in [0.15, 0.2) is 24.3 Å². The van der Waals surface area contributed by atoms with Gasteiger partial charge in [-0.15, -0.1) is 0 Å². The predicted octanol–water partition coefficient (Wildman–Crippen LogP) is 2.89. The highest BCUT2D eigenvalue weighted by atomic mass is 16.5. The molecule has 0 atom stereocenters. The molecule has 1 aromatic rings. The maximum Gasteiger partial charge on any atom is 0.142 e. The van der Waals surface area contributed by atoms with Gasteiger partial charge in [0, 0.05) is 24.9 Å². The molecule has 2 rings (SSSR count). The van der Waals surface area contributed by atoms with Crippen molar-refractivity contribution in [3.8, 4) is 5.75 Å². The van der Waals surface area contributed by atoms with Crippen molar-refractivity contribution in [2.75, 3.05) is 24.6 Å². The number of piperidine rings is 1. The zero-order chi connectivity index (χ0) is 13.2. The summed E-state index contributed by atoms with van der Waals surface area (Å²) in [6, 6.07) is 8.05. The molecule has 3 heteroatoms. The van der Waals surface area contributed by atoms with Crippen LogP contribution in [0.25, 0.3) is 0 Å². The van der Waals surface area contributed by atoms with Gasteiger partial charge >= 0.3 is 0 Å². The summed E-state index contributed by atoms with van der Waals surface area (Å²) in [6.45, 7) is 8.23. The van der Waals surface area contributed by atoms with Gasteiger partial charge in [-0.05, 0) is 19.1 Å². The molecule has 3 nitrogen and oxygen atoms in total. The van der Waals surface area contributed by atoms with Crippen molar-refractivity contribution in [2.24, 2.45) is 5.41 Å². The fourth-order valence-corrected chi connectivity index (χ4v) is 2.42. The van der Waals surface area contributed by atoms with E-state index in [1.807, 2.05) is 39.0 Å². The first kappa shape index (κ1) is 12.9. The number of Topliss-reactive ketones (excluding diaryl/α,β-unsaturated/α-hetero) is 1. The Morgan fingerprint density at radius 3 is 2.72 bits per heavy atom. The van der Waals surface area contributed by atoms with Gasteiger partial charge in [-0.25, -0.2) is 0 Å². The van der Waals surface area contributed by atoms with Crippen LogP contribution in [0.5, 0.6) is 5.75 Å². The number of hydrogen-bond donors (Lipinski definition) is 0. The lowest BCUT2D eigenvalue weighted by atomic mass is 9.82. The lowest BCUT2D eigenvalue weighted by molar-refractivity contribution is -0.127. The van der Waals surface area contributed by atoms with Crippen molar-refractivity contribution < 1.29 is 9.53 Å². The standard InChI is InChI=1S/C15H21NO2/c1-4-18-13-8-6-5-7-12(13)16-10-9-14(17)15(2,3)11-16/h5-8H,4,9-11H2,1-3H3. The Kier molecular flexibility index (Phi) is 3.60. The topological polar surface area (TPSA) is 29.5 Å². The normalized spacial score (nSPS) is 18.8. The first-order chi connectivity index (χ1) is 8.54. The Labute approximate surface area is 109 Å². The van der Waals surface area contributed by atoms with Gasteiger partial charge in [0.25, 0.3) is 0 Å². The molecule has 0 N–H and O–H groups in total. The summed E-state index contributed by atoms with van der Waals surface area (Å²) < 4.78 is 5.66. The van der Waals surface area contributed by atoms with Crippen LogP contribution >= 0.6 is 0 Å². The summed E-state index contributed by atoms with van der Waals surface area (Å²) >= 11 is 0. The number of anilines is 1. The van der Waals surface area contributed by atoms with Gasteiger partial charge in [-0.3, -0.25) is 4.79 Å². The fraction of sp³-hybridized carbons (Fsp3) is 0.533. The Morgan fingerprint density at radius 1 is 1.33 bits per heavy atom. The first-order valence-corrected chi connectivity index (χ1v) is 6.54. The van der Waals surface area contributed by atoms with E-state index in [4.69, 9.17) is 4.74 Å². The Hall–Kier alpha value is -1.51. The monoisotopic (exact) mass is 247 g/mol. The predicted molar refractivity (Wildman–Crippen MR) is 73.2 cm³/mol. The number of nitrogens with zero attached hydrogens (tertiary/aromatic N) is 1. The van der Waals surface area contributed by atoms with E-state index in [0.717, 1.165) is 24.5 Å². The highest BCUT2D eigenvalue weighted by Crippen LogP contribution is 2.34. The van der Waals surface area contributed by atoms with E-state index in [-0.39, 0.29) is 5.41 Å². The summed E-state index contributed by atoms with van der Waals surface area (Å²) in [4.78, 5) is 14.1. The number of carbonyl (C=O) groups excluding carboxylic acids is 1. The summed E-state index contributed by atoms with van der Waals surface area (Å²) in [6.07, 6.45) is 0.619. The fourth-order valence-electron chi connectivity index (χ4n) is 2.42. The van der Waals surface area contributed by atoms with Crippen LogP contribution in [-0.2, 0) is 4.79 Å². The third-order valence-electron chi connectivity index (χ3n) is 3.46. The quantitative estimate of drug-likeness (QED) is 0.822. The van der Waals surface area contributed by atoms with Crippen LogP contribution in [0.2, 0.25) is 0 Å². The van der Waals surface area contributed by atoms with Gasteiger partial charge in [-0.1, -0.05) is 26.0 Å². The van der Waals surface area contributed by atoms with Crippen molar-refractivity contribution >= 4 is 11.5 Å². The van der Waals surface area contributed by atoms with E-state index in [9.17, 15) is 4.79 Å². The molecule has 0 radical (unpaired) electrons. The van der Waals surface area contributed by atoms with Gasteiger partial charge in [0.15, 0.2) is 0 Å². The van der Waals surface area contributed by atoms with E-state index < -0.39 is 0 Å². The molecule has 0 bridgehead atoms. The molecule has 1 aliphatic rings. The zero-order valence-corrected chi connectivity index (χ0v) is 11.4. The van der Waals surface area contributed by atoms with Crippen molar-refractivity contribution in [1.29, 1.82) is 0 Å². The first-order valence-electron chi connectivity index (χ1n) is 6.54. The smallest absolute Gasteiger partial charge is 0.142 e. The maximum atomic E-state index is 11.8. The van der Waals surface area contributed by atoms with Crippen LogP contribution < -0.4 is 9.64 Å². The largest absolute Gasteiger partial charge is 0.492 e. The number of rotatable bonds is 3. The Bertz CT molecular complexity index is 440. The van der Waals surface area contributed by atoms with E-state index in [1.54, 1.807) is 0 Å². The molecule has 98 valence electrons. The van der Waals surface area contributed by atoms with Crippen LogP contribution in [0.4, 0.5) is 5.69 Å². The molecule has 0 saturated carbocycles. The Morgan fingerprint density at radius 2 is 2.06 bits per heavy atom. The van der Waals surface area contributed by atoms with Gasteiger partial charge in [-0.2, -0.15) is 0 Å². The number of carbonyl (C=O) groups is 1. The average Bonchev–Trinajstić information content (AvgIpc) is 2.34. The second-order valence-electron chi connectivity index (χ2n) is 5.38. The summed E-state index contributed by atoms with van der Waals surface area (Å²) in [7, 11) is 0. The lowest BCUT2D eigenvalue weighted by Gasteiger charge is -2.38. The molecule has 1 aromatic carbocycles. The minimum Gasteiger partial charge on any atom is -0.492 e. The van der Waals surface area contributed by atoms with E-state index >= 15 is 0 Å². The van der Waals surface area contributed by atoms with Crippen molar-refractivity contribution in [1.82, 2.24) is 0 Å². The number of ketones is 1. The average molecular weight is 247 g/mol.